The first-order chi connectivity index (χ1) is 18.1. The van der Waals surface area contributed by atoms with Crippen LogP contribution in [0.3, 0.4) is 0 Å². The summed E-state index contributed by atoms with van der Waals surface area (Å²) >= 11 is 0. The van der Waals surface area contributed by atoms with Gasteiger partial charge in [-0.2, -0.15) is 0 Å². The fourth-order valence-electron chi connectivity index (χ4n) is 4.45. The maximum absolute atomic E-state index is 12.9. The molecule has 1 heterocycles. The van der Waals surface area contributed by atoms with Crippen LogP contribution in [0.1, 0.15) is 56.4 Å². The molecule has 4 rings (SSSR count). The Kier molecular flexibility index (Phi) is 7.86. The molecule has 3 aromatic carbocycles. The monoisotopic (exact) mass is 506 g/mol. The lowest BCUT2D eigenvalue weighted by molar-refractivity contribution is 0.590. The molecule has 0 aliphatic rings. The Morgan fingerprint density at radius 1 is 1.00 bits per heavy atom. The average molecular weight is 507 g/mol. The molecule has 0 spiro atoms. The molecule has 196 valence electrons. The van der Waals surface area contributed by atoms with E-state index in [1.165, 1.54) is 11.1 Å². The van der Waals surface area contributed by atoms with Crippen LogP contribution in [0.4, 0.5) is 17.2 Å². The molecule has 5 heteroatoms. The lowest BCUT2D eigenvalue weighted by Gasteiger charge is -2.20. The predicted octanol–water partition coefficient (Wildman–Crippen LogP) is 7.83. The second-order valence-electron chi connectivity index (χ2n) is 10.9. The van der Waals surface area contributed by atoms with Crippen LogP contribution in [0.25, 0.3) is 17.0 Å². The maximum atomic E-state index is 12.9. The number of benzene rings is 3. The first-order valence-electron chi connectivity index (χ1n) is 13.2. The van der Waals surface area contributed by atoms with Gasteiger partial charge in [0.1, 0.15) is 0 Å². The molecule has 4 aromatic rings. The third kappa shape index (κ3) is 6.05. The van der Waals surface area contributed by atoms with E-state index in [0.29, 0.717) is 5.82 Å². The summed E-state index contributed by atoms with van der Waals surface area (Å²) in [5.74, 6) is 0.300. The maximum Gasteiger partial charge on any atom is 0.293 e. The second-order valence-corrected chi connectivity index (χ2v) is 10.9. The third-order valence-corrected chi connectivity index (χ3v) is 6.82. The van der Waals surface area contributed by atoms with Gasteiger partial charge in [-0.05, 0) is 59.2 Å². The molecule has 38 heavy (non-hydrogen) atoms. The summed E-state index contributed by atoms with van der Waals surface area (Å²) in [7, 11) is 1.75. The highest BCUT2D eigenvalue weighted by Crippen LogP contribution is 2.30. The minimum Gasteiger partial charge on any atom is -0.355 e. The predicted molar refractivity (Wildman–Crippen MR) is 161 cm³/mol. The van der Waals surface area contributed by atoms with Crippen LogP contribution in [0, 0.1) is 6.92 Å². The molecular weight excluding hydrogens is 468 g/mol. The van der Waals surface area contributed by atoms with Crippen molar-refractivity contribution in [3.63, 3.8) is 0 Å². The standard InChI is InChI=1S/C33H38N4O/c1-8-10-24-13-19-27(20-14-24)35-31-32(38)37(7)21-30(36-31)28-11-9-12-29(22(28)2)34-23(3)25-15-17-26(18-16-25)33(4,5)6/h9,11-21,34H,3,8,10H2,1-2,4-7H3,(H,35,36). The lowest BCUT2D eigenvalue weighted by atomic mass is 9.86. The molecule has 0 fully saturated rings. The first kappa shape index (κ1) is 26.9. The van der Waals surface area contributed by atoms with Crippen LogP contribution in [-0.4, -0.2) is 9.55 Å². The summed E-state index contributed by atoms with van der Waals surface area (Å²) in [4.78, 5) is 17.6. The van der Waals surface area contributed by atoms with E-state index in [2.05, 4.69) is 88.2 Å². The largest absolute Gasteiger partial charge is 0.355 e. The van der Waals surface area contributed by atoms with Crippen molar-refractivity contribution in [3.05, 3.63) is 112 Å². The van der Waals surface area contributed by atoms with E-state index in [-0.39, 0.29) is 11.0 Å². The molecule has 5 nitrogen and oxygen atoms in total. The molecule has 2 N–H and O–H groups in total. The van der Waals surface area contributed by atoms with Crippen LogP contribution in [0.15, 0.2) is 84.3 Å². The fourth-order valence-corrected chi connectivity index (χ4v) is 4.45. The number of nitrogens with zero attached hydrogens (tertiary/aromatic N) is 2. The van der Waals surface area contributed by atoms with Crippen LogP contribution >= 0.6 is 0 Å². The van der Waals surface area contributed by atoms with Gasteiger partial charge in [-0.15, -0.1) is 0 Å². The van der Waals surface area contributed by atoms with Gasteiger partial charge in [0.15, 0.2) is 5.82 Å². The van der Waals surface area contributed by atoms with Gasteiger partial charge in [-0.25, -0.2) is 4.98 Å². The van der Waals surface area contributed by atoms with Crippen molar-refractivity contribution in [2.24, 2.45) is 7.05 Å². The molecule has 0 amide bonds. The number of nitrogens with one attached hydrogen (secondary N) is 2. The van der Waals surface area contributed by atoms with E-state index in [4.69, 9.17) is 4.98 Å². The fraction of sp³-hybridized carbons (Fsp3) is 0.273. The van der Waals surface area contributed by atoms with Gasteiger partial charge in [0.25, 0.3) is 5.56 Å². The van der Waals surface area contributed by atoms with E-state index in [9.17, 15) is 4.79 Å². The molecule has 0 unspecified atom stereocenters. The number of rotatable bonds is 8. The van der Waals surface area contributed by atoms with Crippen molar-refractivity contribution < 1.29 is 0 Å². The van der Waals surface area contributed by atoms with Crippen molar-refractivity contribution in [1.82, 2.24) is 9.55 Å². The molecule has 0 atom stereocenters. The topological polar surface area (TPSA) is 59.0 Å². The number of aromatic nitrogens is 2. The average Bonchev–Trinajstić information content (AvgIpc) is 2.88. The van der Waals surface area contributed by atoms with Crippen LogP contribution in [-0.2, 0) is 18.9 Å². The number of hydrogen-bond donors (Lipinski definition) is 2. The van der Waals surface area contributed by atoms with Gasteiger partial charge < -0.3 is 15.2 Å². The summed E-state index contributed by atoms with van der Waals surface area (Å²) in [5, 5.41) is 6.71. The highest BCUT2D eigenvalue weighted by Gasteiger charge is 2.15. The van der Waals surface area contributed by atoms with Gasteiger partial charge in [0.2, 0.25) is 0 Å². The van der Waals surface area contributed by atoms with E-state index in [0.717, 1.165) is 52.3 Å². The van der Waals surface area contributed by atoms with Crippen molar-refractivity contribution in [1.29, 1.82) is 0 Å². The van der Waals surface area contributed by atoms with E-state index in [1.54, 1.807) is 17.8 Å². The zero-order valence-electron chi connectivity index (χ0n) is 23.4. The zero-order valence-corrected chi connectivity index (χ0v) is 23.4. The van der Waals surface area contributed by atoms with Gasteiger partial charge in [0.05, 0.1) is 5.69 Å². The summed E-state index contributed by atoms with van der Waals surface area (Å²) in [5.41, 5.74) is 8.85. The molecule has 0 saturated heterocycles. The number of aryl methyl sites for hydroxylation is 2. The molecular formula is C33H38N4O. The minimum atomic E-state index is -0.176. The number of hydrogen-bond acceptors (Lipinski definition) is 4. The van der Waals surface area contributed by atoms with Crippen LogP contribution in [0.5, 0.6) is 0 Å². The van der Waals surface area contributed by atoms with Crippen molar-refractivity contribution >= 4 is 22.9 Å². The van der Waals surface area contributed by atoms with Gasteiger partial charge in [0, 0.05) is 35.9 Å². The minimum absolute atomic E-state index is 0.104. The first-order valence-corrected chi connectivity index (χ1v) is 13.2. The Morgan fingerprint density at radius 2 is 1.68 bits per heavy atom. The molecule has 0 saturated carbocycles. The Labute approximate surface area is 226 Å². The Morgan fingerprint density at radius 3 is 2.32 bits per heavy atom. The van der Waals surface area contributed by atoms with Crippen LogP contribution < -0.4 is 16.2 Å². The molecule has 0 bridgehead atoms. The Bertz CT molecular complexity index is 1490. The lowest BCUT2D eigenvalue weighted by Crippen LogP contribution is -2.21. The van der Waals surface area contributed by atoms with Crippen molar-refractivity contribution in [3.8, 4) is 11.3 Å². The zero-order chi connectivity index (χ0) is 27.4. The highest BCUT2D eigenvalue weighted by molar-refractivity contribution is 5.80. The number of anilines is 3. The second kappa shape index (κ2) is 11.1. The molecule has 0 aliphatic heterocycles. The Balaban J connectivity index is 1.60. The van der Waals surface area contributed by atoms with Gasteiger partial charge >= 0.3 is 0 Å². The molecule has 0 aliphatic carbocycles. The highest BCUT2D eigenvalue weighted by atomic mass is 16.1. The summed E-state index contributed by atoms with van der Waals surface area (Å²) in [6.07, 6.45) is 3.92. The van der Waals surface area contributed by atoms with E-state index < -0.39 is 0 Å². The van der Waals surface area contributed by atoms with Crippen LogP contribution in [0.2, 0.25) is 0 Å². The Hall–Kier alpha value is -4.12. The van der Waals surface area contributed by atoms with E-state index in [1.807, 2.05) is 30.3 Å². The molecule has 1 aromatic heterocycles. The smallest absolute Gasteiger partial charge is 0.293 e. The van der Waals surface area contributed by atoms with E-state index >= 15 is 0 Å². The summed E-state index contributed by atoms with van der Waals surface area (Å²) < 4.78 is 1.57. The normalized spacial score (nSPS) is 11.3. The third-order valence-electron chi connectivity index (χ3n) is 6.82. The quantitative estimate of drug-likeness (QED) is 0.256. The molecule has 0 radical (unpaired) electrons. The van der Waals surface area contributed by atoms with Crippen molar-refractivity contribution in [2.75, 3.05) is 10.6 Å². The summed E-state index contributed by atoms with van der Waals surface area (Å²) in [6, 6.07) is 22.7. The summed E-state index contributed by atoms with van der Waals surface area (Å²) in [6.45, 7) is 15.1. The van der Waals surface area contributed by atoms with Gasteiger partial charge in [-0.1, -0.05) is 89.2 Å². The SMILES string of the molecule is C=C(Nc1cccc(-c2cn(C)c(=O)c(Nc3ccc(CCC)cc3)n2)c1C)c1ccc(C(C)(C)C)cc1. The van der Waals surface area contributed by atoms with Crippen molar-refractivity contribution in [2.45, 2.75) is 52.9 Å². The van der Waals surface area contributed by atoms with Gasteiger partial charge in [-0.3, -0.25) is 4.79 Å².